The Balaban J connectivity index is 1.56. The van der Waals surface area contributed by atoms with Crippen molar-refractivity contribution >= 4 is 17.3 Å². The van der Waals surface area contributed by atoms with Gasteiger partial charge < -0.3 is 15.2 Å². The molecule has 0 atom stereocenters. The first-order valence-corrected chi connectivity index (χ1v) is 8.52. The van der Waals surface area contributed by atoms with Gasteiger partial charge in [0.15, 0.2) is 11.8 Å². The molecule has 0 bridgehead atoms. The topological polar surface area (TPSA) is 67.1 Å². The first-order valence-electron chi connectivity index (χ1n) is 7.64. The first-order chi connectivity index (χ1) is 10.7. The van der Waals surface area contributed by atoms with Gasteiger partial charge in [0.2, 0.25) is 0 Å². The summed E-state index contributed by atoms with van der Waals surface area (Å²) in [5, 5.41) is 17.2. The van der Waals surface area contributed by atoms with Crippen molar-refractivity contribution in [2.24, 2.45) is 12.0 Å². The van der Waals surface area contributed by atoms with E-state index in [1.165, 1.54) is 17.7 Å². The van der Waals surface area contributed by atoms with Crippen molar-refractivity contribution in [1.29, 1.82) is 0 Å². The Morgan fingerprint density at radius 1 is 1.45 bits per heavy atom. The van der Waals surface area contributed by atoms with E-state index in [2.05, 4.69) is 43.3 Å². The average molecular weight is 318 g/mol. The molecule has 0 aliphatic heterocycles. The fourth-order valence-electron chi connectivity index (χ4n) is 2.07. The highest BCUT2D eigenvalue weighted by Gasteiger charge is 2.22. The summed E-state index contributed by atoms with van der Waals surface area (Å²) in [7, 11) is 1.97. The molecule has 2 heterocycles. The number of nitrogens with one attached hydrogen (secondary N) is 2. The first kappa shape index (κ1) is 15.0. The van der Waals surface area contributed by atoms with E-state index in [0.717, 1.165) is 30.6 Å². The molecule has 1 aliphatic rings. The van der Waals surface area contributed by atoms with Crippen LogP contribution < -0.4 is 10.6 Å². The fraction of sp³-hybridized carbons (Fsp3) is 0.533. The Hall–Kier alpha value is -1.89. The molecule has 0 unspecified atom stereocenters. The molecule has 2 N–H and O–H groups in total. The zero-order valence-corrected chi connectivity index (χ0v) is 13.9. The van der Waals surface area contributed by atoms with Crippen LogP contribution >= 0.6 is 11.3 Å². The second kappa shape index (κ2) is 6.91. The van der Waals surface area contributed by atoms with E-state index in [0.29, 0.717) is 12.6 Å². The predicted octanol–water partition coefficient (Wildman–Crippen LogP) is 1.63. The Labute approximate surface area is 134 Å². The summed E-state index contributed by atoms with van der Waals surface area (Å²) >= 11 is 1.79. The maximum absolute atomic E-state index is 4.64. The molecule has 1 aliphatic carbocycles. The number of hydrogen-bond donors (Lipinski definition) is 2. The molecule has 1 saturated carbocycles. The number of aryl methyl sites for hydroxylation is 1. The summed E-state index contributed by atoms with van der Waals surface area (Å²) in [4.78, 5) is 6.03. The number of rotatable bonds is 6. The minimum absolute atomic E-state index is 0.540. The van der Waals surface area contributed by atoms with Crippen molar-refractivity contribution in [3.8, 4) is 0 Å². The summed E-state index contributed by atoms with van der Waals surface area (Å²) in [5.41, 5.74) is 0. The summed E-state index contributed by atoms with van der Waals surface area (Å²) < 4.78 is 1.98. The van der Waals surface area contributed by atoms with Crippen LogP contribution in [-0.4, -0.2) is 33.3 Å². The van der Waals surface area contributed by atoms with Gasteiger partial charge in [-0.25, -0.2) is 4.99 Å². The molecule has 118 valence electrons. The lowest BCUT2D eigenvalue weighted by molar-refractivity contribution is 0.748. The summed E-state index contributed by atoms with van der Waals surface area (Å²) in [6.07, 6.45) is 3.48. The Morgan fingerprint density at radius 2 is 2.32 bits per heavy atom. The number of guanidine groups is 1. The van der Waals surface area contributed by atoms with Crippen molar-refractivity contribution in [1.82, 2.24) is 25.4 Å². The molecule has 0 amide bonds. The lowest BCUT2D eigenvalue weighted by Gasteiger charge is -2.11. The summed E-state index contributed by atoms with van der Waals surface area (Å²) in [6, 6.07) is 4.84. The lowest BCUT2D eigenvalue weighted by atomic mass is 10.3. The third-order valence-electron chi connectivity index (χ3n) is 3.72. The van der Waals surface area contributed by atoms with Crippen LogP contribution in [0.3, 0.4) is 0 Å². The smallest absolute Gasteiger partial charge is 0.191 e. The van der Waals surface area contributed by atoms with E-state index in [1.54, 1.807) is 11.3 Å². The molecule has 7 heteroatoms. The van der Waals surface area contributed by atoms with Crippen LogP contribution in [0, 0.1) is 6.92 Å². The average Bonchev–Trinajstić information content (AvgIpc) is 3.06. The molecule has 3 rings (SSSR count). The highest BCUT2D eigenvalue weighted by molar-refractivity contribution is 7.09. The van der Waals surface area contributed by atoms with Gasteiger partial charge in [0.25, 0.3) is 0 Å². The largest absolute Gasteiger partial charge is 0.356 e. The molecule has 0 aromatic carbocycles. The van der Waals surface area contributed by atoms with E-state index in [4.69, 9.17) is 0 Å². The second-order valence-electron chi connectivity index (χ2n) is 5.56. The van der Waals surface area contributed by atoms with E-state index in [9.17, 15) is 0 Å². The van der Waals surface area contributed by atoms with Crippen molar-refractivity contribution in [2.45, 2.75) is 38.8 Å². The number of aliphatic imine (C=N–C) groups is 1. The van der Waals surface area contributed by atoms with E-state index >= 15 is 0 Å². The molecule has 2 aromatic heterocycles. The molecule has 22 heavy (non-hydrogen) atoms. The fourth-order valence-corrected chi connectivity index (χ4v) is 2.78. The van der Waals surface area contributed by atoms with Crippen molar-refractivity contribution in [3.05, 3.63) is 34.0 Å². The molecule has 0 spiro atoms. The number of thiophene rings is 1. The second-order valence-corrected chi connectivity index (χ2v) is 6.59. The molecule has 2 aromatic rings. The van der Waals surface area contributed by atoms with Crippen molar-refractivity contribution in [2.75, 3.05) is 6.54 Å². The Kier molecular flexibility index (Phi) is 4.72. The van der Waals surface area contributed by atoms with Crippen LogP contribution in [0.4, 0.5) is 0 Å². The van der Waals surface area contributed by atoms with E-state index < -0.39 is 0 Å². The molecule has 0 saturated heterocycles. The summed E-state index contributed by atoms with van der Waals surface area (Å²) in [5.74, 6) is 2.67. The third kappa shape index (κ3) is 4.07. The quantitative estimate of drug-likeness (QED) is 0.627. The van der Waals surface area contributed by atoms with Gasteiger partial charge in [-0.3, -0.25) is 0 Å². The number of aromatic nitrogens is 3. The summed E-state index contributed by atoms with van der Waals surface area (Å²) in [6.45, 7) is 3.37. The van der Waals surface area contributed by atoms with Crippen LogP contribution in [0.5, 0.6) is 0 Å². The normalized spacial score (nSPS) is 15.1. The minimum atomic E-state index is 0.540. The highest BCUT2D eigenvalue weighted by atomic mass is 32.1. The van der Waals surface area contributed by atoms with E-state index in [-0.39, 0.29) is 0 Å². The highest BCUT2D eigenvalue weighted by Crippen LogP contribution is 2.18. The Morgan fingerprint density at radius 3 is 2.95 bits per heavy atom. The van der Waals surface area contributed by atoms with Gasteiger partial charge in [-0.15, -0.1) is 21.5 Å². The third-order valence-corrected chi connectivity index (χ3v) is 4.66. The lowest BCUT2D eigenvalue weighted by Crippen LogP contribution is -2.39. The van der Waals surface area contributed by atoms with Crippen LogP contribution in [0.1, 0.15) is 29.4 Å². The van der Waals surface area contributed by atoms with Crippen LogP contribution in [0.25, 0.3) is 0 Å². The predicted molar refractivity (Wildman–Crippen MR) is 89.1 cm³/mol. The van der Waals surface area contributed by atoms with E-state index in [1.807, 2.05) is 18.5 Å². The van der Waals surface area contributed by atoms with Gasteiger partial charge in [-0.05, 0) is 37.6 Å². The number of hydrogen-bond acceptors (Lipinski definition) is 4. The molecule has 1 fully saturated rings. The van der Waals surface area contributed by atoms with Gasteiger partial charge in [0, 0.05) is 24.5 Å². The molecule has 6 nitrogen and oxygen atoms in total. The van der Waals surface area contributed by atoms with Gasteiger partial charge in [-0.2, -0.15) is 0 Å². The zero-order chi connectivity index (χ0) is 15.4. The Bertz CT molecular complexity index is 627. The SMILES string of the molecule is Cc1nnc(CN=C(NCCc2cccs2)NC2CC2)n1C. The maximum atomic E-state index is 4.64. The zero-order valence-electron chi connectivity index (χ0n) is 13.0. The molecular weight excluding hydrogens is 296 g/mol. The molecule has 0 radical (unpaired) electrons. The van der Waals surface area contributed by atoms with Gasteiger partial charge in [-0.1, -0.05) is 6.07 Å². The monoisotopic (exact) mass is 318 g/mol. The van der Waals surface area contributed by atoms with Crippen molar-refractivity contribution in [3.63, 3.8) is 0 Å². The van der Waals surface area contributed by atoms with Crippen LogP contribution in [0.2, 0.25) is 0 Å². The van der Waals surface area contributed by atoms with Crippen LogP contribution in [0.15, 0.2) is 22.5 Å². The van der Waals surface area contributed by atoms with Gasteiger partial charge >= 0.3 is 0 Å². The van der Waals surface area contributed by atoms with Crippen molar-refractivity contribution < 1.29 is 0 Å². The minimum Gasteiger partial charge on any atom is -0.356 e. The number of nitrogens with zero attached hydrogens (tertiary/aromatic N) is 4. The maximum Gasteiger partial charge on any atom is 0.191 e. The van der Waals surface area contributed by atoms with Gasteiger partial charge in [0.05, 0.1) is 0 Å². The standard InChI is InChI=1S/C15H22N6S/c1-11-19-20-14(21(11)2)10-17-15(18-12-5-6-12)16-8-7-13-4-3-9-22-13/h3-4,9,12H,5-8,10H2,1-2H3,(H2,16,17,18). The van der Waals surface area contributed by atoms with Crippen LogP contribution in [-0.2, 0) is 20.0 Å². The molecular formula is C15H22N6S. The van der Waals surface area contributed by atoms with Gasteiger partial charge in [0.1, 0.15) is 12.4 Å².